The Morgan fingerprint density at radius 1 is 1.10 bits per heavy atom. The van der Waals surface area contributed by atoms with Crippen LogP contribution in [0.25, 0.3) is 5.69 Å². The minimum Gasteiger partial charge on any atom is -0.375 e. The van der Waals surface area contributed by atoms with Gasteiger partial charge in [-0.25, -0.2) is 0 Å². The predicted molar refractivity (Wildman–Crippen MR) is 117 cm³/mol. The maximum absolute atomic E-state index is 12.2. The fourth-order valence-electron chi connectivity index (χ4n) is 3.09. The second-order valence-corrected chi connectivity index (χ2v) is 7.81. The van der Waals surface area contributed by atoms with E-state index in [1.54, 1.807) is 4.68 Å². The quantitative estimate of drug-likeness (QED) is 0.432. The summed E-state index contributed by atoms with van der Waals surface area (Å²) in [6.07, 6.45) is 0.877. The molecule has 1 aromatic heterocycles. The number of aryl methyl sites for hydroxylation is 2. The van der Waals surface area contributed by atoms with E-state index in [-0.39, 0.29) is 11.7 Å². The fourth-order valence-corrected chi connectivity index (χ4v) is 3.79. The molecule has 1 N–H and O–H groups in total. The van der Waals surface area contributed by atoms with Crippen LogP contribution in [-0.2, 0) is 4.79 Å². The molecule has 7 nitrogen and oxygen atoms in total. The Bertz CT molecular complexity index is 923. The van der Waals surface area contributed by atoms with E-state index < -0.39 is 0 Å². The highest BCUT2D eigenvalue weighted by Crippen LogP contribution is 2.23. The first kappa shape index (κ1) is 20.9. The molecule has 0 aliphatic rings. The van der Waals surface area contributed by atoms with Crippen molar-refractivity contribution in [3.8, 4) is 5.69 Å². The van der Waals surface area contributed by atoms with Crippen LogP contribution in [-0.4, -0.2) is 52.0 Å². The Kier molecular flexibility index (Phi) is 7.24. The smallest absolute Gasteiger partial charge is 0.230 e. The van der Waals surface area contributed by atoms with Crippen molar-refractivity contribution < 1.29 is 4.79 Å². The summed E-state index contributed by atoms with van der Waals surface area (Å²) in [6.45, 7) is 5.57. The molecule has 29 heavy (non-hydrogen) atoms. The number of carbonyl (C=O) groups is 1. The molecule has 152 valence electrons. The normalized spacial score (nSPS) is 10.7. The first-order chi connectivity index (χ1) is 14.1. The van der Waals surface area contributed by atoms with Gasteiger partial charge in [-0.3, -0.25) is 4.79 Å². The van der Waals surface area contributed by atoms with Gasteiger partial charge >= 0.3 is 0 Å². The Morgan fingerprint density at radius 3 is 2.55 bits per heavy atom. The third-order valence-corrected chi connectivity index (χ3v) is 5.53. The van der Waals surface area contributed by atoms with Gasteiger partial charge in [0.25, 0.3) is 0 Å². The second-order valence-electron chi connectivity index (χ2n) is 6.86. The fraction of sp³-hybridized carbons (Fsp3) is 0.333. The number of anilines is 1. The zero-order valence-electron chi connectivity index (χ0n) is 17.0. The second kappa shape index (κ2) is 10.1. The first-order valence-corrected chi connectivity index (χ1v) is 10.6. The molecule has 0 aliphatic heterocycles. The van der Waals surface area contributed by atoms with Crippen LogP contribution in [0.5, 0.6) is 0 Å². The molecule has 0 saturated heterocycles. The molecule has 1 amide bonds. The highest BCUT2D eigenvalue weighted by molar-refractivity contribution is 7.99. The van der Waals surface area contributed by atoms with Gasteiger partial charge in [0.2, 0.25) is 11.1 Å². The van der Waals surface area contributed by atoms with Crippen LogP contribution in [0.3, 0.4) is 0 Å². The van der Waals surface area contributed by atoms with Crippen LogP contribution < -0.4 is 10.2 Å². The highest BCUT2D eigenvalue weighted by atomic mass is 32.2. The summed E-state index contributed by atoms with van der Waals surface area (Å²) in [5, 5.41) is 15.6. The van der Waals surface area contributed by atoms with E-state index in [1.807, 2.05) is 50.2 Å². The molecular weight excluding hydrogens is 384 g/mol. The van der Waals surface area contributed by atoms with Crippen molar-refractivity contribution in [1.29, 1.82) is 0 Å². The zero-order valence-corrected chi connectivity index (χ0v) is 17.8. The van der Waals surface area contributed by atoms with Crippen molar-refractivity contribution in [3.05, 3.63) is 59.7 Å². The third-order valence-electron chi connectivity index (χ3n) is 4.61. The maximum Gasteiger partial charge on any atom is 0.230 e. The molecule has 3 aromatic rings. The minimum atomic E-state index is -0.0200. The van der Waals surface area contributed by atoms with E-state index in [0.717, 1.165) is 29.8 Å². The van der Waals surface area contributed by atoms with Gasteiger partial charge < -0.3 is 10.2 Å². The standard InChI is InChI=1S/C21H26N6OS/c1-16-9-7-10-17(2)20(16)27-21(23-24-25-27)29-15-19(28)22-13-8-14-26(3)18-11-5-4-6-12-18/h4-7,9-12H,8,13-15H2,1-3H3,(H,22,28). The van der Waals surface area contributed by atoms with E-state index in [4.69, 9.17) is 0 Å². The summed E-state index contributed by atoms with van der Waals surface area (Å²) in [5.74, 6) is 0.258. The molecule has 0 bridgehead atoms. The van der Waals surface area contributed by atoms with Crippen molar-refractivity contribution in [2.45, 2.75) is 25.4 Å². The SMILES string of the molecule is Cc1cccc(C)c1-n1nnnc1SCC(=O)NCCCN(C)c1ccccc1. The van der Waals surface area contributed by atoms with Gasteiger partial charge in [0.15, 0.2) is 0 Å². The number of nitrogens with zero attached hydrogens (tertiary/aromatic N) is 5. The average Bonchev–Trinajstić information content (AvgIpc) is 3.18. The number of tetrazole rings is 1. The third kappa shape index (κ3) is 5.57. The molecular formula is C21H26N6OS. The van der Waals surface area contributed by atoms with Gasteiger partial charge in [0, 0.05) is 25.8 Å². The maximum atomic E-state index is 12.2. The van der Waals surface area contributed by atoms with Crippen molar-refractivity contribution >= 4 is 23.4 Å². The van der Waals surface area contributed by atoms with Crippen LogP contribution in [0.4, 0.5) is 5.69 Å². The summed E-state index contributed by atoms with van der Waals surface area (Å²) < 4.78 is 1.71. The molecule has 0 fully saturated rings. The van der Waals surface area contributed by atoms with E-state index in [1.165, 1.54) is 17.4 Å². The number of amides is 1. The lowest BCUT2D eigenvalue weighted by molar-refractivity contribution is -0.118. The number of aromatic nitrogens is 4. The lowest BCUT2D eigenvalue weighted by atomic mass is 10.1. The van der Waals surface area contributed by atoms with Gasteiger partial charge in [-0.05, 0) is 54.0 Å². The van der Waals surface area contributed by atoms with Crippen LogP contribution in [0.2, 0.25) is 0 Å². The topological polar surface area (TPSA) is 75.9 Å². The van der Waals surface area contributed by atoms with E-state index in [0.29, 0.717) is 11.7 Å². The van der Waals surface area contributed by atoms with Gasteiger partial charge in [-0.15, -0.1) is 5.10 Å². The van der Waals surface area contributed by atoms with Crippen LogP contribution in [0.1, 0.15) is 17.5 Å². The monoisotopic (exact) mass is 410 g/mol. The molecule has 0 atom stereocenters. The number of hydrogen-bond acceptors (Lipinski definition) is 6. The Morgan fingerprint density at radius 2 is 1.83 bits per heavy atom. The molecule has 0 spiro atoms. The highest BCUT2D eigenvalue weighted by Gasteiger charge is 2.14. The van der Waals surface area contributed by atoms with Gasteiger partial charge in [-0.2, -0.15) is 4.68 Å². The predicted octanol–water partition coefficient (Wildman–Crippen LogP) is 3.01. The van der Waals surface area contributed by atoms with E-state index >= 15 is 0 Å². The molecule has 0 unspecified atom stereocenters. The summed E-state index contributed by atoms with van der Waals surface area (Å²) in [7, 11) is 2.06. The summed E-state index contributed by atoms with van der Waals surface area (Å²) in [4.78, 5) is 14.4. The Labute approximate surface area is 175 Å². The van der Waals surface area contributed by atoms with Crippen LogP contribution >= 0.6 is 11.8 Å². The van der Waals surface area contributed by atoms with E-state index in [2.05, 4.69) is 44.9 Å². The number of hydrogen-bond donors (Lipinski definition) is 1. The number of carbonyl (C=O) groups excluding carboxylic acids is 1. The molecule has 2 aromatic carbocycles. The van der Waals surface area contributed by atoms with Crippen molar-refractivity contribution in [3.63, 3.8) is 0 Å². The molecule has 1 heterocycles. The van der Waals surface area contributed by atoms with Crippen molar-refractivity contribution in [2.24, 2.45) is 0 Å². The number of rotatable bonds is 9. The lowest BCUT2D eigenvalue weighted by Crippen LogP contribution is -2.29. The number of para-hydroxylation sites is 2. The number of nitrogens with one attached hydrogen (secondary N) is 1. The summed E-state index contributed by atoms with van der Waals surface area (Å²) >= 11 is 1.34. The molecule has 0 radical (unpaired) electrons. The van der Waals surface area contributed by atoms with Crippen LogP contribution in [0.15, 0.2) is 53.7 Å². The number of benzene rings is 2. The Hall–Kier alpha value is -2.87. The number of thioether (sulfide) groups is 1. The lowest BCUT2D eigenvalue weighted by Gasteiger charge is -2.19. The van der Waals surface area contributed by atoms with E-state index in [9.17, 15) is 4.79 Å². The largest absolute Gasteiger partial charge is 0.375 e. The molecule has 8 heteroatoms. The first-order valence-electron chi connectivity index (χ1n) is 9.57. The van der Waals surface area contributed by atoms with Crippen molar-refractivity contribution in [1.82, 2.24) is 25.5 Å². The zero-order chi connectivity index (χ0) is 20.6. The molecule has 0 saturated carbocycles. The summed E-state index contributed by atoms with van der Waals surface area (Å²) in [5.41, 5.74) is 4.31. The van der Waals surface area contributed by atoms with Crippen molar-refractivity contribution in [2.75, 3.05) is 30.8 Å². The van der Waals surface area contributed by atoms with Gasteiger partial charge in [0.1, 0.15) is 0 Å². The molecule has 0 aliphatic carbocycles. The minimum absolute atomic E-state index is 0.0200. The van der Waals surface area contributed by atoms with Crippen LogP contribution in [0, 0.1) is 13.8 Å². The van der Waals surface area contributed by atoms with Gasteiger partial charge in [0.05, 0.1) is 11.4 Å². The Balaban J connectivity index is 1.45. The van der Waals surface area contributed by atoms with Gasteiger partial charge in [-0.1, -0.05) is 48.2 Å². The molecule has 3 rings (SSSR count). The summed E-state index contributed by atoms with van der Waals surface area (Å²) in [6, 6.07) is 16.3. The average molecular weight is 411 g/mol.